The Hall–Kier alpha value is -1.06. The van der Waals surface area contributed by atoms with Crippen molar-refractivity contribution >= 4 is 11.9 Å². The van der Waals surface area contributed by atoms with Crippen molar-refractivity contribution in [1.82, 2.24) is 5.32 Å². The Bertz CT molecular complexity index is 144. The highest BCUT2D eigenvalue weighted by Gasteiger charge is 2.09. The lowest BCUT2D eigenvalue weighted by molar-refractivity contribution is -0.306. The Morgan fingerprint density at radius 3 is 2.40 bits per heavy atom. The zero-order valence-corrected chi connectivity index (χ0v) is 6.01. The van der Waals surface area contributed by atoms with Crippen molar-refractivity contribution in [2.24, 2.45) is 5.92 Å². The summed E-state index contributed by atoms with van der Waals surface area (Å²) >= 11 is 0. The van der Waals surface area contributed by atoms with Crippen molar-refractivity contribution in [3.05, 3.63) is 0 Å². The predicted molar refractivity (Wildman–Crippen MR) is 32.9 cm³/mol. The summed E-state index contributed by atoms with van der Waals surface area (Å²) in [5.41, 5.74) is 0. The minimum absolute atomic E-state index is 0.223. The molecule has 0 bridgehead atoms. The largest absolute Gasteiger partial charge is 0.550 e. The Balaban J connectivity index is 3.72. The van der Waals surface area contributed by atoms with Crippen molar-refractivity contribution in [2.75, 3.05) is 7.05 Å². The molecule has 4 heteroatoms. The first-order valence-electron chi connectivity index (χ1n) is 2.99. The van der Waals surface area contributed by atoms with Crippen LogP contribution in [0, 0.1) is 5.92 Å². The van der Waals surface area contributed by atoms with Gasteiger partial charge in [-0.25, -0.2) is 0 Å². The molecule has 0 fully saturated rings. The molecule has 1 unspecified atom stereocenters. The molecule has 0 aromatic rings. The van der Waals surface area contributed by atoms with Gasteiger partial charge in [0.05, 0.1) is 0 Å². The first kappa shape index (κ1) is 8.94. The maximum Gasteiger partial charge on any atom is 0.222 e. The van der Waals surface area contributed by atoms with Gasteiger partial charge >= 0.3 is 0 Å². The summed E-state index contributed by atoms with van der Waals surface area (Å²) < 4.78 is 0. The first-order chi connectivity index (χ1) is 4.57. The summed E-state index contributed by atoms with van der Waals surface area (Å²) in [5, 5.41) is 12.3. The van der Waals surface area contributed by atoms with E-state index < -0.39 is 11.9 Å². The molecular formula is C6H10NO3-. The first-order valence-corrected chi connectivity index (χ1v) is 2.99. The van der Waals surface area contributed by atoms with Gasteiger partial charge in [0, 0.05) is 18.9 Å². The Morgan fingerprint density at radius 1 is 1.60 bits per heavy atom. The van der Waals surface area contributed by atoms with Gasteiger partial charge in [0.2, 0.25) is 5.91 Å². The minimum atomic E-state index is -1.20. The molecule has 0 aliphatic rings. The average molecular weight is 144 g/mol. The fraction of sp³-hybridized carbons (Fsp3) is 0.667. The van der Waals surface area contributed by atoms with Gasteiger partial charge in [-0.3, -0.25) is 4.79 Å². The molecule has 1 N–H and O–H groups in total. The molecule has 0 radical (unpaired) electrons. The van der Waals surface area contributed by atoms with E-state index in [2.05, 4.69) is 5.32 Å². The highest BCUT2D eigenvalue weighted by atomic mass is 16.4. The average Bonchev–Trinajstić information content (AvgIpc) is 1.85. The highest BCUT2D eigenvalue weighted by molar-refractivity contribution is 5.81. The van der Waals surface area contributed by atoms with Crippen molar-refractivity contribution < 1.29 is 14.7 Å². The lowest BCUT2D eigenvalue weighted by Crippen LogP contribution is -2.32. The second-order valence-corrected chi connectivity index (χ2v) is 2.09. The number of carbonyl (C=O) groups is 2. The summed E-state index contributed by atoms with van der Waals surface area (Å²) in [6.07, 6.45) is -0.223. The van der Waals surface area contributed by atoms with Gasteiger partial charge in [-0.05, 0) is 6.42 Å². The van der Waals surface area contributed by atoms with Crippen molar-refractivity contribution in [3.8, 4) is 0 Å². The van der Waals surface area contributed by atoms with Crippen LogP contribution in [0.4, 0.5) is 0 Å². The van der Waals surface area contributed by atoms with Gasteiger partial charge in [-0.15, -0.1) is 0 Å². The molecule has 0 saturated carbocycles. The predicted octanol–water partition coefficient (Wildman–Crippen LogP) is -1.49. The monoisotopic (exact) mass is 144 g/mol. The number of aliphatic carboxylic acids is 1. The standard InChI is InChI=1S/C6H11NO3/c1-4(3-5(8)9)6(10)7-2/h4H,3H2,1-2H3,(H,7,10)(H,8,9)/p-1. The molecule has 0 aromatic carbocycles. The summed E-state index contributed by atoms with van der Waals surface area (Å²) in [7, 11) is 1.47. The van der Waals surface area contributed by atoms with Gasteiger partial charge in [-0.2, -0.15) is 0 Å². The van der Waals surface area contributed by atoms with Crippen LogP contribution in [0.1, 0.15) is 13.3 Å². The lowest BCUT2D eigenvalue weighted by atomic mass is 10.1. The Kier molecular flexibility index (Phi) is 3.46. The second-order valence-electron chi connectivity index (χ2n) is 2.09. The Morgan fingerprint density at radius 2 is 2.10 bits per heavy atom. The third-order valence-electron chi connectivity index (χ3n) is 1.17. The normalized spacial score (nSPS) is 12.2. The lowest BCUT2D eigenvalue weighted by Gasteiger charge is -2.08. The topological polar surface area (TPSA) is 69.2 Å². The van der Waals surface area contributed by atoms with Gasteiger partial charge in [-0.1, -0.05) is 6.92 Å². The molecule has 1 atom stereocenters. The number of hydrogen-bond donors (Lipinski definition) is 1. The van der Waals surface area contributed by atoms with E-state index in [9.17, 15) is 14.7 Å². The van der Waals surface area contributed by atoms with Crippen LogP contribution in [-0.2, 0) is 9.59 Å². The van der Waals surface area contributed by atoms with E-state index in [0.717, 1.165) is 0 Å². The van der Waals surface area contributed by atoms with Crippen LogP contribution in [0.15, 0.2) is 0 Å². The molecule has 0 spiro atoms. The van der Waals surface area contributed by atoms with Crippen LogP contribution in [-0.4, -0.2) is 18.9 Å². The molecule has 0 aliphatic carbocycles. The molecule has 0 saturated heterocycles. The fourth-order valence-corrected chi connectivity index (χ4v) is 0.589. The molecule has 10 heavy (non-hydrogen) atoms. The van der Waals surface area contributed by atoms with E-state index >= 15 is 0 Å². The van der Waals surface area contributed by atoms with Crippen LogP contribution in [0.2, 0.25) is 0 Å². The van der Waals surface area contributed by atoms with Crippen molar-refractivity contribution in [3.63, 3.8) is 0 Å². The van der Waals surface area contributed by atoms with Crippen LogP contribution in [0.25, 0.3) is 0 Å². The molecular weight excluding hydrogens is 134 g/mol. The van der Waals surface area contributed by atoms with E-state index in [1.165, 1.54) is 14.0 Å². The number of amides is 1. The number of hydrogen-bond acceptors (Lipinski definition) is 3. The van der Waals surface area contributed by atoms with E-state index in [1.807, 2.05) is 0 Å². The molecule has 1 amide bonds. The molecule has 0 rings (SSSR count). The number of rotatable bonds is 3. The van der Waals surface area contributed by atoms with E-state index in [-0.39, 0.29) is 12.3 Å². The molecule has 0 aromatic heterocycles. The van der Waals surface area contributed by atoms with Crippen LogP contribution in [0.3, 0.4) is 0 Å². The van der Waals surface area contributed by atoms with E-state index in [4.69, 9.17) is 0 Å². The van der Waals surface area contributed by atoms with Crippen LogP contribution < -0.4 is 10.4 Å². The van der Waals surface area contributed by atoms with Crippen LogP contribution >= 0.6 is 0 Å². The molecule has 0 heterocycles. The maximum atomic E-state index is 10.6. The summed E-state index contributed by atoms with van der Waals surface area (Å²) in [6, 6.07) is 0. The van der Waals surface area contributed by atoms with E-state index in [0.29, 0.717) is 0 Å². The third kappa shape index (κ3) is 3.06. The summed E-state index contributed by atoms with van der Waals surface area (Å²) in [6.45, 7) is 1.54. The third-order valence-corrected chi connectivity index (χ3v) is 1.17. The van der Waals surface area contributed by atoms with Crippen LogP contribution in [0.5, 0.6) is 0 Å². The summed E-state index contributed by atoms with van der Waals surface area (Å²) in [5.74, 6) is -1.98. The maximum absolute atomic E-state index is 10.6. The second kappa shape index (κ2) is 3.87. The van der Waals surface area contributed by atoms with Gasteiger partial charge in [0.25, 0.3) is 0 Å². The highest BCUT2D eigenvalue weighted by Crippen LogP contribution is 1.98. The van der Waals surface area contributed by atoms with Gasteiger partial charge < -0.3 is 15.2 Å². The zero-order valence-electron chi connectivity index (χ0n) is 6.01. The van der Waals surface area contributed by atoms with E-state index in [1.54, 1.807) is 0 Å². The number of carboxylic acid groups (broad SMARTS) is 1. The van der Waals surface area contributed by atoms with Crippen molar-refractivity contribution in [2.45, 2.75) is 13.3 Å². The SMILES string of the molecule is CNC(=O)C(C)CC(=O)[O-]. The number of nitrogens with one attached hydrogen (secondary N) is 1. The number of carbonyl (C=O) groups excluding carboxylic acids is 2. The van der Waals surface area contributed by atoms with Gasteiger partial charge in [0.15, 0.2) is 0 Å². The molecule has 0 aliphatic heterocycles. The quantitative estimate of drug-likeness (QED) is 0.524. The number of carboxylic acids is 1. The van der Waals surface area contributed by atoms with Crippen molar-refractivity contribution in [1.29, 1.82) is 0 Å². The summed E-state index contributed by atoms with van der Waals surface area (Å²) in [4.78, 5) is 20.6. The fourth-order valence-electron chi connectivity index (χ4n) is 0.589. The molecule has 58 valence electrons. The smallest absolute Gasteiger partial charge is 0.222 e. The Labute approximate surface area is 59.2 Å². The minimum Gasteiger partial charge on any atom is -0.550 e. The molecule has 4 nitrogen and oxygen atoms in total. The van der Waals surface area contributed by atoms with Gasteiger partial charge in [0.1, 0.15) is 0 Å². The zero-order chi connectivity index (χ0) is 8.15.